The van der Waals surface area contributed by atoms with Gasteiger partial charge >= 0.3 is 0 Å². The largest absolute Gasteiger partial charge is 0.496 e. The third-order valence-corrected chi connectivity index (χ3v) is 5.15. The van der Waals surface area contributed by atoms with Crippen LogP contribution in [0.4, 0.5) is 0 Å². The number of rotatable bonds is 10. The highest BCUT2D eigenvalue weighted by molar-refractivity contribution is 6.35. The number of methoxy groups -OCH3 is 2. The van der Waals surface area contributed by atoms with Gasteiger partial charge in [0.25, 0.3) is 5.91 Å². The Morgan fingerprint density at radius 3 is 2.19 bits per heavy atom. The third-order valence-electron chi connectivity index (χ3n) is 4.56. The summed E-state index contributed by atoms with van der Waals surface area (Å²) in [5.41, 5.74) is 0.665. The van der Waals surface area contributed by atoms with Crippen LogP contribution < -0.4 is 19.5 Å². The molecule has 0 saturated heterocycles. The van der Waals surface area contributed by atoms with Crippen LogP contribution in [-0.4, -0.2) is 50.1 Å². The number of hydrogen-bond acceptors (Lipinski definition) is 5. The summed E-state index contributed by atoms with van der Waals surface area (Å²) in [4.78, 5) is 26.9. The second-order valence-corrected chi connectivity index (χ2v) is 7.51. The number of nitrogens with one attached hydrogen (secondary N) is 1. The van der Waals surface area contributed by atoms with Gasteiger partial charge in [-0.3, -0.25) is 9.59 Å². The van der Waals surface area contributed by atoms with E-state index in [4.69, 9.17) is 37.4 Å². The fraction of sp³-hybridized carbons (Fsp3) is 0.364. The molecule has 0 aliphatic carbocycles. The van der Waals surface area contributed by atoms with Crippen LogP contribution >= 0.6 is 23.2 Å². The van der Waals surface area contributed by atoms with Gasteiger partial charge in [-0.05, 0) is 31.5 Å². The Morgan fingerprint density at radius 2 is 1.65 bits per heavy atom. The van der Waals surface area contributed by atoms with Crippen molar-refractivity contribution in [3.8, 4) is 17.2 Å². The van der Waals surface area contributed by atoms with Gasteiger partial charge in [-0.2, -0.15) is 0 Å². The molecule has 0 saturated carbocycles. The number of ether oxygens (including phenoxy) is 3. The molecule has 0 aliphatic rings. The Labute approximate surface area is 192 Å². The van der Waals surface area contributed by atoms with E-state index >= 15 is 0 Å². The first-order chi connectivity index (χ1) is 14.8. The van der Waals surface area contributed by atoms with Gasteiger partial charge in [0.1, 0.15) is 23.3 Å². The first-order valence-electron chi connectivity index (χ1n) is 9.66. The van der Waals surface area contributed by atoms with E-state index < -0.39 is 6.04 Å². The predicted octanol–water partition coefficient (Wildman–Crippen LogP) is 3.94. The Balaban J connectivity index is 2.22. The second-order valence-electron chi connectivity index (χ2n) is 6.66. The number of carbonyl (C=O) groups is 2. The van der Waals surface area contributed by atoms with E-state index in [2.05, 4.69) is 5.32 Å². The van der Waals surface area contributed by atoms with Crippen LogP contribution in [0.3, 0.4) is 0 Å². The van der Waals surface area contributed by atoms with Crippen LogP contribution in [0.2, 0.25) is 10.0 Å². The van der Waals surface area contributed by atoms with Crippen molar-refractivity contribution in [2.24, 2.45) is 0 Å². The first-order valence-corrected chi connectivity index (χ1v) is 10.4. The van der Waals surface area contributed by atoms with E-state index in [1.807, 2.05) is 6.92 Å². The number of amides is 2. The molecule has 0 fully saturated rings. The van der Waals surface area contributed by atoms with Gasteiger partial charge in [0.2, 0.25) is 5.91 Å². The Hall–Kier alpha value is -2.64. The first kappa shape index (κ1) is 24.6. The fourth-order valence-electron chi connectivity index (χ4n) is 2.83. The Kier molecular flexibility index (Phi) is 9.27. The lowest BCUT2D eigenvalue weighted by Crippen LogP contribution is -2.49. The van der Waals surface area contributed by atoms with Crippen LogP contribution in [0.5, 0.6) is 17.2 Å². The van der Waals surface area contributed by atoms with E-state index in [0.717, 1.165) is 0 Å². The summed E-state index contributed by atoms with van der Waals surface area (Å²) in [6, 6.07) is 9.25. The van der Waals surface area contributed by atoms with Crippen molar-refractivity contribution in [1.82, 2.24) is 10.2 Å². The summed E-state index contributed by atoms with van der Waals surface area (Å²) in [5, 5.41) is 3.63. The minimum atomic E-state index is -0.734. The van der Waals surface area contributed by atoms with Gasteiger partial charge in [0, 0.05) is 41.3 Å². The van der Waals surface area contributed by atoms with E-state index in [1.54, 1.807) is 43.3 Å². The zero-order chi connectivity index (χ0) is 23.0. The van der Waals surface area contributed by atoms with Crippen molar-refractivity contribution in [3.05, 3.63) is 52.0 Å². The molecule has 0 heterocycles. The monoisotopic (exact) mass is 468 g/mol. The second kappa shape index (κ2) is 11.7. The molecule has 2 rings (SSSR count). The van der Waals surface area contributed by atoms with Crippen molar-refractivity contribution in [1.29, 1.82) is 0 Å². The zero-order valence-electron chi connectivity index (χ0n) is 17.9. The molecule has 0 bridgehead atoms. The molecular formula is C22H26Cl2N2O5. The van der Waals surface area contributed by atoms with Gasteiger partial charge in [-0.25, -0.2) is 0 Å². The maximum Gasteiger partial charge on any atom is 0.261 e. The average molecular weight is 469 g/mol. The van der Waals surface area contributed by atoms with E-state index in [1.165, 1.54) is 19.1 Å². The number of halogens is 2. The molecule has 2 aromatic rings. The molecular weight excluding hydrogens is 443 g/mol. The topological polar surface area (TPSA) is 77.1 Å². The standard InChI is InChI=1S/C22H26Cl2N2O5/c1-5-25-22(28)14(2)26(12-15-6-7-16(23)8-20(15)24)21(27)13-31-19-10-17(29-3)9-18(11-19)30-4/h6-11,14H,5,12-13H2,1-4H3,(H,25,28)/t14-/m1/s1. The zero-order valence-corrected chi connectivity index (χ0v) is 19.4. The number of benzene rings is 2. The summed E-state index contributed by atoms with van der Waals surface area (Å²) in [6.45, 7) is 3.75. The molecule has 2 amide bonds. The average Bonchev–Trinajstić information content (AvgIpc) is 2.76. The Bertz CT molecular complexity index is 901. The lowest BCUT2D eigenvalue weighted by Gasteiger charge is -2.29. The number of hydrogen-bond donors (Lipinski definition) is 1. The molecule has 7 nitrogen and oxygen atoms in total. The normalized spacial score (nSPS) is 11.4. The highest BCUT2D eigenvalue weighted by atomic mass is 35.5. The van der Waals surface area contributed by atoms with Crippen molar-refractivity contribution in [2.75, 3.05) is 27.4 Å². The molecule has 0 aromatic heterocycles. The molecule has 0 unspecified atom stereocenters. The van der Waals surface area contributed by atoms with E-state index in [0.29, 0.717) is 39.4 Å². The predicted molar refractivity (Wildman–Crippen MR) is 120 cm³/mol. The molecule has 168 valence electrons. The van der Waals surface area contributed by atoms with Crippen LogP contribution in [0, 0.1) is 0 Å². The van der Waals surface area contributed by atoms with Gasteiger partial charge in [-0.15, -0.1) is 0 Å². The van der Waals surface area contributed by atoms with Crippen molar-refractivity contribution in [2.45, 2.75) is 26.4 Å². The van der Waals surface area contributed by atoms with Gasteiger partial charge in [0.15, 0.2) is 6.61 Å². The van der Waals surface area contributed by atoms with Crippen molar-refractivity contribution < 1.29 is 23.8 Å². The molecule has 31 heavy (non-hydrogen) atoms. The molecule has 0 aliphatic heterocycles. The maximum atomic E-state index is 13.0. The molecule has 0 spiro atoms. The molecule has 9 heteroatoms. The van der Waals surface area contributed by atoms with Crippen LogP contribution in [0.1, 0.15) is 19.4 Å². The minimum absolute atomic E-state index is 0.123. The highest BCUT2D eigenvalue weighted by Gasteiger charge is 2.27. The smallest absolute Gasteiger partial charge is 0.261 e. The lowest BCUT2D eigenvalue weighted by molar-refractivity contribution is -0.142. The van der Waals surface area contributed by atoms with Crippen LogP contribution in [-0.2, 0) is 16.1 Å². The van der Waals surface area contributed by atoms with E-state index in [9.17, 15) is 9.59 Å². The summed E-state index contributed by atoms with van der Waals surface area (Å²) in [7, 11) is 3.05. The third kappa shape index (κ3) is 6.94. The Morgan fingerprint density at radius 1 is 1.03 bits per heavy atom. The summed E-state index contributed by atoms with van der Waals surface area (Å²) in [6.07, 6.45) is 0. The van der Waals surface area contributed by atoms with Crippen LogP contribution in [0.15, 0.2) is 36.4 Å². The van der Waals surface area contributed by atoms with Gasteiger partial charge < -0.3 is 24.4 Å². The lowest BCUT2D eigenvalue weighted by atomic mass is 10.1. The van der Waals surface area contributed by atoms with Crippen LogP contribution in [0.25, 0.3) is 0 Å². The number of likely N-dealkylation sites (N-methyl/N-ethyl adjacent to an activating group) is 1. The summed E-state index contributed by atoms with van der Waals surface area (Å²) < 4.78 is 16.1. The number of nitrogens with zero attached hydrogens (tertiary/aromatic N) is 1. The summed E-state index contributed by atoms with van der Waals surface area (Å²) >= 11 is 12.2. The molecule has 1 N–H and O–H groups in total. The molecule has 2 aromatic carbocycles. The minimum Gasteiger partial charge on any atom is -0.496 e. The summed E-state index contributed by atoms with van der Waals surface area (Å²) in [5.74, 6) is 0.805. The van der Waals surface area contributed by atoms with Gasteiger partial charge in [-0.1, -0.05) is 29.3 Å². The quantitative estimate of drug-likeness (QED) is 0.571. The van der Waals surface area contributed by atoms with E-state index in [-0.39, 0.29) is 25.0 Å². The maximum absolute atomic E-state index is 13.0. The van der Waals surface area contributed by atoms with Gasteiger partial charge in [0.05, 0.1) is 14.2 Å². The number of carbonyl (C=O) groups excluding carboxylic acids is 2. The van der Waals surface area contributed by atoms with Crippen molar-refractivity contribution >= 4 is 35.0 Å². The fourth-order valence-corrected chi connectivity index (χ4v) is 3.30. The molecule has 0 radical (unpaired) electrons. The highest BCUT2D eigenvalue weighted by Crippen LogP contribution is 2.28. The molecule has 1 atom stereocenters. The SMILES string of the molecule is CCNC(=O)[C@@H](C)N(Cc1ccc(Cl)cc1Cl)C(=O)COc1cc(OC)cc(OC)c1. The van der Waals surface area contributed by atoms with Crippen molar-refractivity contribution in [3.63, 3.8) is 0 Å².